The molecule has 1 saturated carbocycles. The van der Waals surface area contributed by atoms with Crippen molar-refractivity contribution in [2.24, 2.45) is 11.3 Å². The lowest BCUT2D eigenvalue weighted by Crippen LogP contribution is -2.40. The third kappa shape index (κ3) is 5.12. The summed E-state index contributed by atoms with van der Waals surface area (Å²) in [5.41, 5.74) is 0.460. The topological polar surface area (TPSA) is 78.9 Å². The lowest BCUT2D eigenvalue weighted by Gasteiger charge is -2.24. The minimum absolute atomic E-state index is 0.0718. The van der Waals surface area contributed by atoms with Crippen molar-refractivity contribution >= 4 is 17.9 Å². The Morgan fingerprint density at radius 3 is 2.32 bits per heavy atom. The molecule has 2 rings (SSSR count). The molecule has 0 amide bonds. The minimum atomic E-state index is -1.33. The summed E-state index contributed by atoms with van der Waals surface area (Å²) in [4.78, 5) is 37.4. The highest BCUT2D eigenvalue weighted by Crippen LogP contribution is 2.48. The van der Waals surface area contributed by atoms with E-state index in [0.717, 1.165) is 30.4 Å². The van der Waals surface area contributed by atoms with Crippen molar-refractivity contribution in [2.45, 2.75) is 52.9 Å². The molecule has 0 aromatic heterocycles. The van der Waals surface area contributed by atoms with E-state index < -0.39 is 17.4 Å². The fourth-order valence-electron chi connectivity index (χ4n) is 3.78. The first kappa shape index (κ1) is 21.9. The first-order valence-corrected chi connectivity index (χ1v) is 10.1. The van der Waals surface area contributed by atoms with E-state index in [1.165, 1.54) is 6.08 Å². The van der Waals surface area contributed by atoms with Crippen LogP contribution in [-0.4, -0.2) is 37.7 Å². The van der Waals surface area contributed by atoms with Gasteiger partial charge >= 0.3 is 17.9 Å². The third-order valence-electron chi connectivity index (χ3n) is 5.05. The van der Waals surface area contributed by atoms with Crippen molar-refractivity contribution in [3.05, 3.63) is 35.5 Å². The number of fused-ring (bicyclic) bond motifs is 1. The Balaban J connectivity index is 2.42. The van der Waals surface area contributed by atoms with E-state index >= 15 is 0 Å². The van der Waals surface area contributed by atoms with Gasteiger partial charge in [-0.3, -0.25) is 9.59 Å². The molecule has 0 radical (unpaired) electrons. The summed E-state index contributed by atoms with van der Waals surface area (Å²) >= 11 is 0. The molecule has 0 bridgehead atoms. The number of hydrogen-bond donors (Lipinski definition) is 0. The summed E-state index contributed by atoms with van der Waals surface area (Å²) in [6.45, 7) is 5.93. The van der Waals surface area contributed by atoms with Crippen LogP contribution in [0.15, 0.2) is 35.5 Å². The highest BCUT2D eigenvalue weighted by atomic mass is 16.6. The molecule has 154 valence electrons. The molecule has 6 nitrogen and oxygen atoms in total. The average molecular weight is 390 g/mol. The molecule has 0 spiro atoms. The van der Waals surface area contributed by atoms with Gasteiger partial charge in [-0.25, -0.2) is 4.79 Å². The van der Waals surface area contributed by atoms with Gasteiger partial charge in [0, 0.05) is 6.08 Å². The molecule has 6 heteroatoms. The number of hydrogen-bond acceptors (Lipinski definition) is 6. The van der Waals surface area contributed by atoms with Crippen molar-refractivity contribution < 1.29 is 28.6 Å². The van der Waals surface area contributed by atoms with Crippen LogP contribution in [0.1, 0.15) is 52.9 Å². The second kappa shape index (κ2) is 10.2. The molecular formula is C22H30O6. The highest BCUT2D eigenvalue weighted by Gasteiger charge is 2.55. The number of carbonyl (C=O) groups excluding carboxylic acids is 3. The lowest BCUT2D eigenvalue weighted by molar-refractivity contribution is -0.171. The number of esters is 3. The molecule has 0 N–H and O–H groups in total. The van der Waals surface area contributed by atoms with E-state index in [1.54, 1.807) is 20.8 Å². The number of carbonyl (C=O) groups is 3. The van der Waals surface area contributed by atoms with Crippen LogP contribution in [0.4, 0.5) is 0 Å². The zero-order chi connectivity index (χ0) is 20.6. The second-order valence-electron chi connectivity index (χ2n) is 7.02. The SMILES string of the molecule is CCOC(=O)/C=C1/C=C2/CC(C(=O)OCC)(C(=O)OCC)CC2/C=C\CCC1. The summed E-state index contributed by atoms with van der Waals surface area (Å²) in [6, 6.07) is 0. The molecule has 28 heavy (non-hydrogen) atoms. The molecule has 2 aliphatic carbocycles. The van der Waals surface area contributed by atoms with Gasteiger partial charge in [0.15, 0.2) is 5.41 Å². The van der Waals surface area contributed by atoms with Crippen LogP contribution in [0.5, 0.6) is 0 Å². The van der Waals surface area contributed by atoms with E-state index in [0.29, 0.717) is 13.0 Å². The van der Waals surface area contributed by atoms with E-state index in [1.807, 2.05) is 6.08 Å². The molecule has 0 aromatic rings. The standard InChI is InChI=1S/C22H30O6/c1-4-26-19(23)13-16-10-8-7-9-11-17-14-22(15-18(17)12-16,20(24)27-5-2)21(25)28-6-3/h9,11-13,17H,4-8,10,14-15H2,1-3H3/b11-9-,16-13+,18-12-. The molecule has 1 fully saturated rings. The fraction of sp³-hybridized carbons (Fsp3) is 0.591. The molecular weight excluding hydrogens is 360 g/mol. The molecule has 0 saturated heterocycles. The number of ether oxygens (including phenoxy) is 3. The summed E-state index contributed by atoms with van der Waals surface area (Å²) in [7, 11) is 0. The van der Waals surface area contributed by atoms with Crippen LogP contribution in [0, 0.1) is 11.3 Å². The Kier molecular flexibility index (Phi) is 8.03. The van der Waals surface area contributed by atoms with Crippen LogP contribution in [0.3, 0.4) is 0 Å². The Labute approximate surface area is 166 Å². The van der Waals surface area contributed by atoms with Gasteiger partial charge in [-0.1, -0.05) is 23.8 Å². The Morgan fingerprint density at radius 1 is 1.07 bits per heavy atom. The first-order valence-electron chi connectivity index (χ1n) is 10.1. The van der Waals surface area contributed by atoms with Gasteiger partial charge < -0.3 is 14.2 Å². The van der Waals surface area contributed by atoms with Crippen LogP contribution >= 0.6 is 0 Å². The van der Waals surface area contributed by atoms with Gasteiger partial charge in [0.1, 0.15) is 0 Å². The Hall–Kier alpha value is -2.37. The van der Waals surface area contributed by atoms with E-state index in [4.69, 9.17) is 14.2 Å². The lowest BCUT2D eigenvalue weighted by atomic mass is 9.85. The van der Waals surface area contributed by atoms with Gasteiger partial charge in [-0.2, -0.15) is 0 Å². The smallest absolute Gasteiger partial charge is 0.331 e. The second-order valence-corrected chi connectivity index (χ2v) is 7.02. The summed E-state index contributed by atoms with van der Waals surface area (Å²) in [6.07, 6.45) is 10.6. The summed E-state index contributed by atoms with van der Waals surface area (Å²) in [5, 5.41) is 0. The monoisotopic (exact) mass is 390 g/mol. The maximum Gasteiger partial charge on any atom is 0.331 e. The number of allylic oxidation sites excluding steroid dienone is 5. The summed E-state index contributed by atoms with van der Waals surface area (Å²) < 4.78 is 15.5. The zero-order valence-corrected chi connectivity index (χ0v) is 17.0. The molecule has 0 aromatic carbocycles. The highest BCUT2D eigenvalue weighted by molar-refractivity contribution is 6.01. The van der Waals surface area contributed by atoms with Crippen LogP contribution in [0.2, 0.25) is 0 Å². The molecule has 0 aliphatic heterocycles. The third-order valence-corrected chi connectivity index (χ3v) is 5.05. The van der Waals surface area contributed by atoms with Crippen molar-refractivity contribution in [2.75, 3.05) is 19.8 Å². The van der Waals surface area contributed by atoms with Gasteiger partial charge in [-0.05, 0) is 64.4 Å². The van der Waals surface area contributed by atoms with Crippen molar-refractivity contribution in [3.8, 4) is 0 Å². The summed E-state index contributed by atoms with van der Waals surface area (Å²) in [5.74, 6) is -1.53. The molecule has 2 aliphatic rings. The average Bonchev–Trinajstić information content (AvgIpc) is 3.03. The molecule has 0 heterocycles. The van der Waals surface area contributed by atoms with Gasteiger partial charge in [0.25, 0.3) is 0 Å². The largest absolute Gasteiger partial charge is 0.465 e. The van der Waals surface area contributed by atoms with E-state index in [2.05, 4.69) is 12.2 Å². The van der Waals surface area contributed by atoms with Gasteiger partial charge in [0.2, 0.25) is 0 Å². The Morgan fingerprint density at radius 2 is 1.71 bits per heavy atom. The van der Waals surface area contributed by atoms with Crippen molar-refractivity contribution in [3.63, 3.8) is 0 Å². The first-order chi connectivity index (χ1) is 13.5. The predicted molar refractivity (Wildman–Crippen MR) is 104 cm³/mol. The van der Waals surface area contributed by atoms with Crippen molar-refractivity contribution in [1.82, 2.24) is 0 Å². The van der Waals surface area contributed by atoms with E-state index in [9.17, 15) is 14.4 Å². The quantitative estimate of drug-likeness (QED) is 0.226. The Bertz CT molecular complexity index is 667. The van der Waals surface area contributed by atoms with Crippen molar-refractivity contribution in [1.29, 1.82) is 0 Å². The minimum Gasteiger partial charge on any atom is -0.465 e. The van der Waals surface area contributed by atoms with E-state index in [-0.39, 0.29) is 31.5 Å². The predicted octanol–water partition coefficient (Wildman–Crippen LogP) is 3.67. The van der Waals surface area contributed by atoms with Crippen LogP contribution in [0.25, 0.3) is 0 Å². The van der Waals surface area contributed by atoms with Crippen LogP contribution in [-0.2, 0) is 28.6 Å². The number of rotatable bonds is 6. The zero-order valence-electron chi connectivity index (χ0n) is 17.0. The molecule has 1 unspecified atom stereocenters. The van der Waals surface area contributed by atoms with Crippen LogP contribution < -0.4 is 0 Å². The maximum absolute atomic E-state index is 12.7. The van der Waals surface area contributed by atoms with Gasteiger partial charge in [0.05, 0.1) is 19.8 Å². The normalized spacial score (nSPS) is 25.3. The maximum atomic E-state index is 12.7. The fourth-order valence-corrected chi connectivity index (χ4v) is 3.78. The molecule has 1 atom stereocenters. The van der Waals surface area contributed by atoms with Gasteiger partial charge in [-0.15, -0.1) is 0 Å².